The van der Waals surface area contributed by atoms with Crippen molar-refractivity contribution in [3.8, 4) is 0 Å². The number of fused-ring (bicyclic) bond motifs is 2. The number of nitrogens with zero attached hydrogens (tertiary/aromatic N) is 2. The number of urea groups is 1. The normalized spacial score (nSPS) is 18.8. The molecule has 0 bridgehead atoms. The fraction of sp³-hybridized carbons (Fsp3) is 0.600. The minimum Gasteiger partial charge on any atom is -0.608 e. The Balaban J connectivity index is 1.48. The second-order valence-electron chi connectivity index (χ2n) is 10.3. The number of rotatable bonds is 6. The van der Waals surface area contributed by atoms with E-state index in [-0.39, 0.29) is 11.8 Å². The van der Waals surface area contributed by atoms with Crippen LogP contribution in [-0.4, -0.2) is 38.9 Å². The van der Waals surface area contributed by atoms with Crippen LogP contribution in [0.1, 0.15) is 79.0 Å². The predicted octanol–water partition coefficient (Wildman–Crippen LogP) is 2.93. The van der Waals surface area contributed by atoms with Crippen LogP contribution in [0.25, 0.3) is 0 Å². The summed E-state index contributed by atoms with van der Waals surface area (Å²) in [6.45, 7) is 6.28. The lowest BCUT2D eigenvalue weighted by Crippen LogP contribution is -3.14. The molecule has 0 saturated carbocycles. The molecule has 1 saturated heterocycles. The number of nitrogens with one attached hydrogen (secondary N) is 2. The van der Waals surface area contributed by atoms with Gasteiger partial charge in [0.2, 0.25) is 5.88 Å². The van der Waals surface area contributed by atoms with Crippen LogP contribution in [-0.2, 0) is 40.6 Å². The molecule has 1 aliphatic heterocycles. The number of quaternary nitrogens is 1. The van der Waals surface area contributed by atoms with Crippen LogP contribution in [0.2, 0.25) is 0 Å². The van der Waals surface area contributed by atoms with E-state index in [1.54, 1.807) is 6.92 Å². The lowest BCUT2D eigenvalue weighted by atomic mass is 9.99. The Hall–Kier alpha value is -2.47. The summed E-state index contributed by atoms with van der Waals surface area (Å²) < 4.78 is 37.9. The fourth-order valence-corrected chi connectivity index (χ4v) is 7.27. The largest absolute Gasteiger partial charge is 0.608 e. The SMILES string of the molecule is Cc1c(C(C)C)noc1N(C1CCOCC1)S(=O)(=O)[NH+]([O-])C(=O)Nc1c2c(cc3c1CCC3)CCC2. The molecule has 0 spiro atoms. The zero-order valence-corrected chi connectivity index (χ0v) is 21.9. The van der Waals surface area contributed by atoms with Gasteiger partial charge in [0.1, 0.15) is 0 Å². The van der Waals surface area contributed by atoms with E-state index in [9.17, 15) is 18.4 Å². The lowest BCUT2D eigenvalue weighted by Gasteiger charge is -2.34. The summed E-state index contributed by atoms with van der Waals surface area (Å²) >= 11 is 0. The van der Waals surface area contributed by atoms with Gasteiger partial charge in [0.05, 0.1) is 17.4 Å². The molecule has 1 aromatic carbocycles. The van der Waals surface area contributed by atoms with Crippen LogP contribution in [0.15, 0.2) is 10.6 Å². The van der Waals surface area contributed by atoms with E-state index in [0.717, 1.165) is 54.0 Å². The lowest BCUT2D eigenvalue weighted by molar-refractivity contribution is -0.604. The van der Waals surface area contributed by atoms with Gasteiger partial charge in [0.15, 0.2) is 0 Å². The number of carbonyl (C=O) groups excluding carboxylic acids is 1. The standard InChI is InChI=1S/C25H34N4O6S/c1-15(2)22-16(3)24(35-27-22)28(19-10-12-34-13-11-19)36(32,33)29(31)25(30)26-23-20-8-4-6-17(20)14-18-7-5-9-21(18)23/h14-15,19,29H,4-13H2,1-3H3,(H,26,30). The van der Waals surface area contributed by atoms with E-state index in [1.807, 2.05) is 13.8 Å². The number of amides is 2. The second-order valence-corrected chi connectivity index (χ2v) is 12.0. The Labute approximate surface area is 211 Å². The monoisotopic (exact) mass is 518 g/mol. The van der Waals surface area contributed by atoms with Crippen LogP contribution in [0, 0.1) is 12.1 Å². The van der Waals surface area contributed by atoms with Crippen LogP contribution >= 0.6 is 0 Å². The smallest absolute Gasteiger partial charge is 0.436 e. The van der Waals surface area contributed by atoms with Crippen molar-refractivity contribution < 1.29 is 26.9 Å². The average Bonchev–Trinajstić information content (AvgIpc) is 3.59. The average molecular weight is 519 g/mol. The Morgan fingerprint density at radius 1 is 1.14 bits per heavy atom. The first kappa shape index (κ1) is 25.2. The quantitative estimate of drug-likeness (QED) is 0.563. The molecule has 1 unspecified atom stereocenters. The first-order valence-electron chi connectivity index (χ1n) is 12.8. The van der Waals surface area contributed by atoms with Gasteiger partial charge in [-0.15, -0.1) is 0 Å². The molecular weight excluding hydrogens is 484 g/mol. The van der Waals surface area contributed by atoms with Gasteiger partial charge in [-0.05, 0) is 86.5 Å². The molecule has 1 atom stereocenters. The molecule has 2 aliphatic carbocycles. The number of anilines is 2. The van der Waals surface area contributed by atoms with E-state index in [1.165, 1.54) is 11.1 Å². The van der Waals surface area contributed by atoms with E-state index in [4.69, 9.17) is 9.26 Å². The third kappa shape index (κ3) is 4.31. The molecule has 2 N–H and O–H groups in total. The topological polar surface area (TPSA) is 129 Å². The van der Waals surface area contributed by atoms with Crippen LogP contribution in [0.4, 0.5) is 16.4 Å². The van der Waals surface area contributed by atoms with Gasteiger partial charge in [-0.3, -0.25) is 5.32 Å². The predicted molar refractivity (Wildman–Crippen MR) is 134 cm³/mol. The van der Waals surface area contributed by atoms with E-state index < -0.39 is 26.8 Å². The van der Waals surface area contributed by atoms with Crippen LogP contribution in [0.5, 0.6) is 0 Å². The van der Waals surface area contributed by atoms with Crippen molar-refractivity contribution >= 4 is 27.8 Å². The second kappa shape index (κ2) is 9.77. The Bertz CT molecular complexity index is 1230. The highest BCUT2D eigenvalue weighted by Crippen LogP contribution is 2.38. The molecule has 11 heteroatoms. The molecule has 36 heavy (non-hydrogen) atoms. The minimum atomic E-state index is -4.74. The number of carbonyl (C=O) groups is 1. The molecular formula is C25H34N4O6S. The van der Waals surface area contributed by atoms with Crippen molar-refractivity contribution in [2.45, 2.75) is 84.1 Å². The fourth-order valence-electron chi connectivity index (χ4n) is 5.81. The van der Waals surface area contributed by atoms with Gasteiger partial charge in [-0.2, -0.15) is 17.2 Å². The van der Waals surface area contributed by atoms with Crippen molar-refractivity contribution in [2.24, 2.45) is 0 Å². The first-order chi connectivity index (χ1) is 17.2. The van der Waals surface area contributed by atoms with Gasteiger partial charge < -0.3 is 14.5 Å². The van der Waals surface area contributed by atoms with E-state index in [2.05, 4.69) is 16.5 Å². The summed E-state index contributed by atoms with van der Waals surface area (Å²) in [6.07, 6.45) is 6.19. The maximum Gasteiger partial charge on any atom is 0.436 e. The number of hydroxylamine groups is 1. The van der Waals surface area contributed by atoms with Gasteiger partial charge >= 0.3 is 16.2 Å². The van der Waals surface area contributed by atoms with Crippen molar-refractivity contribution in [3.63, 3.8) is 0 Å². The zero-order valence-electron chi connectivity index (χ0n) is 21.1. The highest BCUT2D eigenvalue weighted by molar-refractivity contribution is 7.86. The van der Waals surface area contributed by atoms with Crippen LogP contribution in [0.3, 0.4) is 0 Å². The molecule has 2 amide bonds. The number of aryl methyl sites for hydroxylation is 2. The van der Waals surface area contributed by atoms with Crippen molar-refractivity contribution in [1.82, 2.24) is 5.16 Å². The maximum absolute atomic E-state index is 13.7. The minimum absolute atomic E-state index is 0.00279. The van der Waals surface area contributed by atoms with Gasteiger partial charge in [0.25, 0.3) is 0 Å². The summed E-state index contributed by atoms with van der Waals surface area (Å²) in [7, 11) is -4.74. The summed E-state index contributed by atoms with van der Waals surface area (Å²) in [5.41, 5.74) is 6.23. The Kier molecular flexibility index (Phi) is 6.84. The molecule has 1 fully saturated rings. The Morgan fingerprint density at radius 3 is 2.31 bits per heavy atom. The third-order valence-corrected chi connectivity index (χ3v) is 9.23. The van der Waals surface area contributed by atoms with Crippen molar-refractivity contribution in [3.05, 3.63) is 44.8 Å². The molecule has 3 aliphatic rings. The Morgan fingerprint density at radius 2 is 1.75 bits per heavy atom. The summed E-state index contributed by atoms with van der Waals surface area (Å²) in [5, 5.41) is 20.1. The number of aromatic nitrogens is 1. The molecule has 2 heterocycles. The third-order valence-electron chi connectivity index (χ3n) is 7.60. The van der Waals surface area contributed by atoms with Crippen LogP contribution < -0.4 is 14.1 Å². The first-order valence-corrected chi connectivity index (χ1v) is 14.2. The summed E-state index contributed by atoms with van der Waals surface area (Å²) in [5.74, 6) is -0.00346. The molecule has 5 rings (SSSR count). The summed E-state index contributed by atoms with van der Waals surface area (Å²) in [4.78, 5) is 13.2. The maximum atomic E-state index is 13.7. The highest BCUT2D eigenvalue weighted by atomic mass is 32.2. The molecule has 196 valence electrons. The van der Waals surface area contributed by atoms with Crippen molar-refractivity contribution in [2.75, 3.05) is 22.8 Å². The summed E-state index contributed by atoms with van der Waals surface area (Å²) in [6, 6.07) is 0.505. The van der Waals surface area contributed by atoms with E-state index in [0.29, 0.717) is 43.0 Å². The molecule has 2 aromatic rings. The highest BCUT2D eigenvalue weighted by Gasteiger charge is 2.43. The number of ether oxygens (including phenoxy) is 1. The van der Waals surface area contributed by atoms with Gasteiger partial charge in [0, 0.05) is 18.8 Å². The molecule has 0 radical (unpaired) electrons. The molecule has 10 nitrogen and oxygen atoms in total. The molecule has 1 aromatic heterocycles. The number of hydrogen-bond donors (Lipinski definition) is 2. The number of benzene rings is 1. The number of hydrogen-bond acceptors (Lipinski definition) is 7. The van der Waals surface area contributed by atoms with Gasteiger partial charge in [-0.25, -0.2) is 4.79 Å². The van der Waals surface area contributed by atoms with Gasteiger partial charge in [-0.1, -0.05) is 25.1 Å². The van der Waals surface area contributed by atoms with Crippen molar-refractivity contribution in [1.29, 1.82) is 0 Å². The van der Waals surface area contributed by atoms with E-state index >= 15 is 0 Å². The zero-order chi connectivity index (χ0) is 25.6.